The maximum absolute atomic E-state index is 9.44. The Morgan fingerprint density at radius 3 is 2.64 bits per heavy atom. The van der Waals surface area contributed by atoms with E-state index in [4.69, 9.17) is 11.6 Å². The largest absolute Gasteiger partial charge is 0.508 e. The number of aryl methyl sites for hydroxylation is 1. The van der Waals surface area contributed by atoms with Crippen LogP contribution in [0.3, 0.4) is 0 Å². The second-order valence-corrected chi connectivity index (χ2v) is 7.38. The number of hydrogen-bond donors (Lipinski definition) is 2. The Kier molecular flexibility index (Phi) is 4.62. The van der Waals surface area contributed by atoms with Gasteiger partial charge in [-0.15, -0.1) is 0 Å². The first kappa shape index (κ1) is 16.4. The average Bonchev–Trinajstić information content (AvgIpc) is 3.05. The molecular weight excluding hydrogens is 334 g/mol. The molecule has 0 aliphatic heterocycles. The van der Waals surface area contributed by atoms with Gasteiger partial charge >= 0.3 is 0 Å². The Balaban J connectivity index is 1.59. The van der Waals surface area contributed by atoms with Crippen molar-refractivity contribution in [1.29, 1.82) is 0 Å². The number of pyridine rings is 1. The van der Waals surface area contributed by atoms with Gasteiger partial charge in [0, 0.05) is 5.56 Å². The van der Waals surface area contributed by atoms with Gasteiger partial charge in [-0.25, -0.2) is 4.98 Å². The number of phenolic OH excluding ortho intramolecular Hbond substituents is 1. The fourth-order valence-electron chi connectivity index (χ4n) is 3.82. The maximum atomic E-state index is 9.44. The zero-order chi connectivity index (χ0) is 17.2. The highest BCUT2D eigenvalue weighted by Gasteiger charge is 2.17. The van der Waals surface area contributed by atoms with Crippen LogP contribution in [0.2, 0.25) is 5.02 Å². The van der Waals surface area contributed by atoms with E-state index in [1.807, 2.05) is 18.2 Å². The van der Waals surface area contributed by atoms with Crippen LogP contribution >= 0.6 is 11.6 Å². The number of fused-ring (bicyclic) bond motifs is 1. The monoisotopic (exact) mass is 355 g/mol. The summed E-state index contributed by atoms with van der Waals surface area (Å²) in [5.41, 5.74) is 3.45. The molecule has 0 saturated heterocycles. The lowest BCUT2D eigenvalue weighted by Gasteiger charge is -2.20. The van der Waals surface area contributed by atoms with Gasteiger partial charge in [0.2, 0.25) is 0 Å². The van der Waals surface area contributed by atoms with Crippen molar-refractivity contribution in [2.45, 2.75) is 44.9 Å². The van der Waals surface area contributed by atoms with Crippen LogP contribution < -0.4 is 0 Å². The van der Waals surface area contributed by atoms with E-state index in [0.717, 1.165) is 40.3 Å². The molecule has 25 heavy (non-hydrogen) atoms. The van der Waals surface area contributed by atoms with E-state index < -0.39 is 0 Å². The van der Waals surface area contributed by atoms with Crippen molar-refractivity contribution in [1.82, 2.24) is 15.2 Å². The Hall–Kier alpha value is -2.07. The molecule has 2 heterocycles. The molecule has 2 N–H and O–H groups in total. The van der Waals surface area contributed by atoms with Crippen molar-refractivity contribution in [3.05, 3.63) is 41.0 Å². The summed E-state index contributed by atoms with van der Waals surface area (Å²) in [5.74, 6) is 1.06. The lowest BCUT2D eigenvalue weighted by Crippen LogP contribution is -2.07. The topological polar surface area (TPSA) is 61.8 Å². The first-order valence-corrected chi connectivity index (χ1v) is 9.41. The molecule has 4 rings (SSSR count). The van der Waals surface area contributed by atoms with Crippen molar-refractivity contribution in [3.8, 4) is 17.0 Å². The number of halogens is 1. The Bertz CT molecular complexity index is 867. The zero-order valence-electron chi connectivity index (χ0n) is 14.1. The van der Waals surface area contributed by atoms with Crippen molar-refractivity contribution in [2.24, 2.45) is 5.92 Å². The smallest absolute Gasteiger partial charge is 0.157 e. The van der Waals surface area contributed by atoms with Gasteiger partial charge in [0.15, 0.2) is 5.65 Å². The van der Waals surface area contributed by atoms with Crippen molar-refractivity contribution in [3.63, 3.8) is 0 Å². The van der Waals surface area contributed by atoms with E-state index in [-0.39, 0.29) is 5.75 Å². The predicted octanol–water partition coefficient (Wildman–Crippen LogP) is 5.50. The lowest BCUT2D eigenvalue weighted by molar-refractivity contribution is 0.338. The van der Waals surface area contributed by atoms with E-state index >= 15 is 0 Å². The van der Waals surface area contributed by atoms with Crippen molar-refractivity contribution >= 4 is 22.6 Å². The van der Waals surface area contributed by atoms with Crippen molar-refractivity contribution in [2.75, 3.05) is 0 Å². The minimum Gasteiger partial charge on any atom is -0.508 e. The first-order chi connectivity index (χ1) is 12.2. The van der Waals surface area contributed by atoms with E-state index in [9.17, 15) is 5.11 Å². The molecule has 2 aromatic heterocycles. The molecule has 1 aliphatic rings. The van der Waals surface area contributed by atoms with Gasteiger partial charge in [-0.1, -0.05) is 43.7 Å². The van der Waals surface area contributed by atoms with E-state index in [1.54, 1.807) is 12.1 Å². The van der Waals surface area contributed by atoms with Crippen LogP contribution in [-0.2, 0) is 6.42 Å². The van der Waals surface area contributed by atoms with E-state index in [0.29, 0.717) is 5.02 Å². The van der Waals surface area contributed by atoms with Gasteiger partial charge in [-0.2, -0.15) is 5.10 Å². The van der Waals surface area contributed by atoms with Gasteiger partial charge in [-0.3, -0.25) is 5.10 Å². The zero-order valence-corrected chi connectivity index (χ0v) is 14.9. The second-order valence-electron chi connectivity index (χ2n) is 6.97. The Morgan fingerprint density at radius 2 is 1.88 bits per heavy atom. The number of benzene rings is 1. The summed E-state index contributed by atoms with van der Waals surface area (Å²) in [6.45, 7) is 0. The quantitative estimate of drug-likeness (QED) is 0.649. The third kappa shape index (κ3) is 3.49. The standard InChI is InChI=1S/C20H22ClN3O/c21-16-12-18(14-7-9-15(25)10-8-14)22-20-19(16)17(23-24-20)11-6-13-4-2-1-3-5-13/h7-10,12-13,25H,1-6,11H2,(H,22,23,24). The van der Waals surface area contributed by atoms with E-state index in [2.05, 4.69) is 15.2 Å². The SMILES string of the molecule is Oc1ccc(-c2cc(Cl)c3c(CCC4CCCCC4)n[nH]c3n2)cc1. The highest BCUT2D eigenvalue weighted by Crippen LogP contribution is 2.32. The molecule has 3 aromatic rings. The minimum absolute atomic E-state index is 0.238. The molecule has 1 fully saturated rings. The molecule has 1 aromatic carbocycles. The first-order valence-electron chi connectivity index (χ1n) is 9.03. The molecule has 0 unspecified atom stereocenters. The van der Waals surface area contributed by atoms with Crippen LogP contribution in [0, 0.1) is 5.92 Å². The third-order valence-electron chi connectivity index (χ3n) is 5.23. The summed E-state index contributed by atoms with van der Waals surface area (Å²) in [6.07, 6.45) is 8.94. The summed E-state index contributed by atoms with van der Waals surface area (Å²) in [5, 5.41) is 18.6. The van der Waals surface area contributed by atoms with Crippen LogP contribution in [0.5, 0.6) is 5.75 Å². The molecule has 5 heteroatoms. The minimum atomic E-state index is 0.238. The van der Waals surface area contributed by atoms with Gasteiger partial charge in [-0.05, 0) is 49.1 Å². The van der Waals surface area contributed by atoms with Gasteiger partial charge in [0.1, 0.15) is 5.75 Å². The number of aromatic nitrogens is 3. The molecular formula is C20H22ClN3O. The summed E-state index contributed by atoms with van der Waals surface area (Å²) in [6, 6.07) is 8.85. The summed E-state index contributed by atoms with van der Waals surface area (Å²) in [7, 11) is 0. The van der Waals surface area contributed by atoms with Crippen LogP contribution in [0.1, 0.15) is 44.2 Å². The summed E-state index contributed by atoms with van der Waals surface area (Å²) < 4.78 is 0. The third-order valence-corrected chi connectivity index (χ3v) is 5.53. The molecule has 4 nitrogen and oxygen atoms in total. The molecule has 0 radical (unpaired) electrons. The predicted molar refractivity (Wildman–Crippen MR) is 101 cm³/mol. The fourth-order valence-corrected chi connectivity index (χ4v) is 4.13. The maximum Gasteiger partial charge on any atom is 0.157 e. The van der Waals surface area contributed by atoms with Gasteiger partial charge in [0.25, 0.3) is 0 Å². The number of nitrogens with zero attached hydrogens (tertiary/aromatic N) is 2. The molecule has 0 atom stereocenters. The number of aromatic hydroxyl groups is 1. The number of phenols is 1. The number of hydrogen-bond acceptors (Lipinski definition) is 3. The number of rotatable bonds is 4. The molecule has 0 bridgehead atoms. The summed E-state index contributed by atoms with van der Waals surface area (Å²) in [4.78, 5) is 4.67. The Labute approximate surface area is 152 Å². The van der Waals surface area contributed by atoms with Crippen molar-refractivity contribution < 1.29 is 5.11 Å². The average molecular weight is 356 g/mol. The van der Waals surface area contributed by atoms with Crippen LogP contribution in [0.25, 0.3) is 22.3 Å². The normalized spacial score (nSPS) is 15.7. The number of nitrogens with one attached hydrogen (secondary N) is 1. The van der Waals surface area contributed by atoms with E-state index in [1.165, 1.54) is 38.5 Å². The second kappa shape index (κ2) is 7.04. The lowest BCUT2D eigenvalue weighted by atomic mass is 9.85. The highest BCUT2D eigenvalue weighted by atomic mass is 35.5. The number of aromatic amines is 1. The van der Waals surface area contributed by atoms with Gasteiger partial charge in [0.05, 0.1) is 21.8 Å². The van der Waals surface area contributed by atoms with Gasteiger partial charge < -0.3 is 5.11 Å². The fraction of sp³-hybridized carbons (Fsp3) is 0.400. The number of H-pyrrole nitrogens is 1. The Morgan fingerprint density at radius 1 is 1.12 bits per heavy atom. The highest BCUT2D eigenvalue weighted by molar-refractivity contribution is 6.35. The van der Waals surface area contributed by atoms with Crippen LogP contribution in [0.4, 0.5) is 0 Å². The van der Waals surface area contributed by atoms with Crippen LogP contribution in [-0.4, -0.2) is 20.3 Å². The summed E-state index contributed by atoms with van der Waals surface area (Å²) >= 11 is 6.56. The molecule has 130 valence electrons. The molecule has 0 amide bonds. The molecule has 1 aliphatic carbocycles. The molecule has 1 saturated carbocycles. The van der Waals surface area contributed by atoms with Crippen LogP contribution in [0.15, 0.2) is 30.3 Å². The molecule has 0 spiro atoms.